The second-order valence-corrected chi connectivity index (χ2v) is 1.65. The van der Waals surface area contributed by atoms with E-state index in [1.54, 1.807) is 0 Å². The molecule has 0 amide bonds. The summed E-state index contributed by atoms with van der Waals surface area (Å²) in [7, 11) is 0. The van der Waals surface area contributed by atoms with Crippen LogP contribution < -0.4 is 10.5 Å². The van der Waals surface area contributed by atoms with Crippen molar-refractivity contribution in [2.75, 3.05) is 6.73 Å². The summed E-state index contributed by atoms with van der Waals surface area (Å²) in [6.45, 7) is 0.0329. The van der Waals surface area contributed by atoms with Gasteiger partial charge < -0.3 is 4.74 Å². The van der Waals surface area contributed by atoms with Crippen LogP contribution in [0.25, 0.3) is 0 Å². The molecule has 10 heavy (non-hydrogen) atoms. The molecule has 0 atom stereocenters. The van der Waals surface area contributed by atoms with Crippen LogP contribution in [-0.2, 0) is 0 Å². The van der Waals surface area contributed by atoms with Crippen molar-refractivity contribution >= 4 is 0 Å². The molecular weight excluding hydrogens is 135 g/mol. The second-order valence-electron chi connectivity index (χ2n) is 1.65. The number of ether oxygens (including phenoxy) is 1. The number of halogens is 1. The summed E-state index contributed by atoms with van der Waals surface area (Å²) in [4.78, 5) is 3.55. The van der Waals surface area contributed by atoms with Gasteiger partial charge in [0, 0.05) is 6.07 Å². The molecule has 0 bridgehead atoms. The summed E-state index contributed by atoms with van der Waals surface area (Å²) >= 11 is 0. The van der Waals surface area contributed by atoms with Crippen LogP contribution in [-0.4, -0.2) is 11.7 Å². The summed E-state index contributed by atoms with van der Waals surface area (Å²) in [6.07, 6.45) is 2.50. The van der Waals surface area contributed by atoms with Crippen LogP contribution in [0.2, 0.25) is 0 Å². The number of hydrogen-bond donors (Lipinski definition) is 1. The third-order valence-corrected chi connectivity index (χ3v) is 0.930. The average Bonchev–Trinajstić information content (AvgIpc) is 1.88. The monoisotopic (exact) mass is 142 g/mol. The van der Waals surface area contributed by atoms with E-state index < -0.39 is 5.82 Å². The second kappa shape index (κ2) is 3.12. The lowest BCUT2D eigenvalue weighted by molar-refractivity contribution is 0.326. The van der Waals surface area contributed by atoms with Gasteiger partial charge >= 0.3 is 0 Å². The van der Waals surface area contributed by atoms with Crippen LogP contribution in [0.3, 0.4) is 0 Å². The third kappa shape index (κ3) is 1.66. The van der Waals surface area contributed by atoms with Crippen molar-refractivity contribution < 1.29 is 9.13 Å². The van der Waals surface area contributed by atoms with Crippen molar-refractivity contribution in [3.63, 3.8) is 0 Å². The molecule has 0 aliphatic heterocycles. The molecule has 0 aliphatic rings. The van der Waals surface area contributed by atoms with Gasteiger partial charge in [-0.2, -0.15) is 0 Å². The van der Waals surface area contributed by atoms with E-state index in [0.717, 1.165) is 6.20 Å². The molecule has 0 aliphatic carbocycles. The van der Waals surface area contributed by atoms with Crippen LogP contribution in [0.15, 0.2) is 18.5 Å². The number of rotatable bonds is 2. The van der Waals surface area contributed by atoms with Gasteiger partial charge in [0.2, 0.25) is 0 Å². The Hall–Kier alpha value is -1.16. The molecule has 1 aromatic rings. The lowest BCUT2D eigenvalue weighted by Crippen LogP contribution is -2.07. The highest BCUT2D eigenvalue weighted by atomic mass is 19.1. The maximum absolute atomic E-state index is 12.3. The first kappa shape index (κ1) is 6.95. The molecular formula is C6H7FN2O. The highest BCUT2D eigenvalue weighted by Crippen LogP contribution is 2.08. The van der Waals surface area contributed by atoms with E-state index in [1.165, 1.54) is 12.3 Å². The van der Waals surface area contributed by atoms with Gasteiger partial charge in [-0.3, -0.25) is 10.7 Å². The van der Waals surface area contributed by atoms with Gasteiger partial charge in [-0.25, -0.2) is 4.39 Å². The Morgan fingerprint density at radius 2 is 2.40 bits per heavy atom. The summed E-state index contributed by atoms with van der Waals surface area (Å²) < 4.78 is 17.1. The minimum absolute atomic E-state index is 0.0329. The predicted molar refractivity (Wildman–Crippen MR) is 33.9 cm³/mol. The summed E-state index contributed by atoms with van der Waals surface area (Å²) in [5.41, 5.74) is 5.04. The number of hydrogen-bond acceptors (Lipinski definition) is 3. The van der Waals surface area contributed by atoms with E-state index in [4.69, 9.17) is 10.5 Å². The van der Waals surface area contributed by atoms with E-state index >= 15 is 0 Å². The fourth-order valence-corrected chi connectivity index (χ4v) is 0.568. The molecule has 0 spiro atoms. The molecule has 3 nitrogen and oxygen atoms in total. The van der Waals surface area contributed by atoms with Crippen LogP contribution >= 0.6 is 0 Å². The highest BCUT2D eigenvalue weighted by Gasteiger charge is 1.93. The Balaban J connectivity index is 2.75. The number of pyridine rings is 1. The van der Waals surface area contributed by atoms with Gasteiger partial charge in [0.05, 0.1) is 12.4 Å². The van der Waals surface area contributed by atoms with Crippen LogP contribution in [0, 0.1) is 5.82 Å². The molecule has 0 fully saturated rings. The number of nitrogens with zero attached hydrogens (tertiary/aromatic N) is 1. The van der Waals surface area contributed by atoms with E-state index in [1.807, 2.05) is 0 Å². The Morgan fingerprint density at radius 3 is 3.00 bits per heavy atom. The third-order valence-electron chi connectivity index (χ3n) is 0.930. The normalized spacial score (nSPS) is 9.40. The number of nitrogens with two attached hydrogens (primary N) is 1. The van der Waals surface area contributed by atoms with Gasteiger partial charge in [0.1, 0.15) is 18.3 Å². The highest BCUT2D eigenvalue weighted by molar-refractivity contribution is 5.16. The van der Waals surface area contributed by atoms with Crippen molar-refractivity contribution in [2.24, 2.45) is 5.73 Å². The van der Waals surface area contributed by atoms with Crippen LogP contribution in [0.4, 0.5) is 4.39 Å². The Labute approximate surface area is 57.6 Å². The Kier molecular flexibility index (Phi) is 2.17. The van der Waals surface area contributed by atoms with Gasteiger partial charge in [0.25, 0.3) is 0 Å². The van der Waals surface area contributed by atoms with E-state index in [2.05, 4.69) is 4.98 Å². The minimum atomic E-state index is -0.425. The Bertz CT molecular complexity index is 217. The zero-order valence-corrected chi connectivity index (χ0v) is 5.25. The van der Waals surface area contributed by atoms with Crippen molar-refractivity contribution in [1.29, 1.82) is 0 Å². The van der Waals surface area contributed by atoms with E-state index in [0.29, 0.717) is 5.75 Å². The lowest BCUT2D eigenvalue weighted by Gasteiger charge is -1.99. The van der Waals surface area contributed by atoms with E-state index in [-0.39, 0.29) is 6.73 Å². The van der Waals surface area contributed by atoms with Crippen molar-refractivity contribution in [3.05, 3.63) is 24.3 Å². The van der Waals surface area contributed by atoms with Crippen LogP contribution in [0.1, 0.15) is 0 Å². The maximum Gasteiger partial charge on any atom is 0.145 e. The quantitative estimate of drug-likeness (QED) is 0.612. The zero-order valence-electron chi connectivity index (χ0n) is 5.25. The summed E-state index contributed by atoms with van der Waals surface area (Å²) in [5.74, 6) is -0.0755. The molecule has 2 N–H and O–H groups in total. The zero-order chi connectivity index (χ0) is 7.40. The van der Waals surface area contributed by atoms with Crippen molar-refractivity contribution in [1.82, 2.24) is 4.98 Å². The van der Waals surface area contributed by atoms with E-state index in [9.17, 15) is 4.39 Å². The largest absolute Gasteiger partial charge is 0.477 e. The van der Waals surface area contributed by atoms with Crippen molar-refractivity contribution in [2.45, 2.75) is 0 Å². The first-order chi connectivity index (χ1) is 4.83. The molecule has 0 radical (unpaired) electrons. The molecule has 1 aromatic heterocycles. The molecule has 0 unspecified atom stereocenters. The molecule has 0 saturated carbocycles. The first-order valence-corrected chi connectivity index (χ1v) is 2.76. The molecule has 0 saturated heterocycles. The van der Waals surface area contributed by atoms with Crippen LogP contribution in [0.5, 0.6) is 5.75 Å². The minimum Gasteiger partial charge on any atom is -0.477 e. The summed E-state index contributed by atoms with van der Waals surface area (Å²) in [6, 6.07) is 1.22. The van der Waals surface area contributed by atoms with Gasteiger partial charge in [-0.05, 0) is 0 Å². The Morgan fingerprint density at radius 1 is 1.60 bits per heavy atom. The average molecular weight is 142 g/mol. The lowest BCUT2D eigenvalue weighted by atomic mass is 10.4. The SMILES string of the molecule is NCOc1cncc(F)c1. The predicted octanol–water partition coefficient (Wildman–Crippen LogP) is 0.516. The number of aromatic nitrogens is 1. The molecule has 1 heterocycles. The summed E-state index contributed by atoms with van der Waals surface area (Å²) in [5, 5.41) is 0. The molecule has 1 rings (SSSR count). The molecule has 4 heteroatoms. The fraction of sp³-hybridized carbons (Fsp3) is 0.167. The van der Waals surface area contributed by atoms with Gasteiger partial charge in [-0.1, -0.05) is 0 Å². The fourth-order valence-electron chi connectivity index (χ4n) is 0.568. The molecule has 54 valence electrons. The van der Waals surface area contributed by atoms with Gasteiger partial charge in [0.15, 0.2) is 0 Å². The molecule has 0 aromatic carbocycles. The standard InChI is InChI=1S/C6H7FN2O/c7-5-1-6(10-4-8)3-9-2-5/h1-3H,4,8H2. The van der Waals surface area contributed by atoms with Crippen molar-refractivity contribution in [3.8, 4) is 5.75 Å². The topological polar surface area (TPSA) is 48.1 Å². The van der Waals surface area contributed by atoms with Gasteiger partial charge in [-0.15, -0.1) is 0 Å². The first-order valence-electron chi connectivity index (χ1n) is 2.76. The smallest absolute Gasteiger partial charge is 0.145 e. The maximum atomic E-state index is 12.3.